The van der Waals surface area contributed by atoms with E-state index in [-0.39, 0.29) is 5.91 Å². The highest BCUT2D eigenvalue weighted by molar-refractivity contribution is 7.12. The molecule has 7 heteroatoms. The van der Waals surface area contributed by atoms with Crippen LogP contribution in [-0.2, 0) is 0 Å². The highest BCUT2D eigenvalue weighted by atomic mass is 35.6. The molecular formula is C11H14Cl3N2OS+. The largest absolute Gasteiger partial charge is 0.312 e. The molecule has 0 bridgehead atoms. The fourth-order valence-electron chi connectivity index (χ4n) is 2.14. The molecule has 100 valence electrons. The summed E-state index contributed by atoms with van der Waals surface area (Å²) in [5.41, 5.74) is 0. The molecule has 0 aliphatic carbocycles. The van der Waals surface area contributed by atoms with Crippen molar-refractivity contribution in [2.24, 2.45) is 0 Å². The Morgan fingerprint density at radius 3 is 2.56 bits per heavy atom. The number of quaternary nitrogens is 1. The highest BCUT2D eigenvalue weighted by Gasteiger charge is 2.43. The van der Waals surface area contributed by atoms with E-state index in [2.05, 4.69) is 5.32 Å². The molecule has 0 aromatic carbocycles. The van der Waals surface area contributed by atoms with E-state index in [1.54, 1.807) is 6.07 Å². The first-order valence-corrected chi connectivity index (χ1v) is 7.75. The van der Waals surface area contributed by atoms with Gasteiger partial charge >= 0.3 is 0 Å². The Morgan fingerprint density at radius 1 is 1.39 bits per heavy atom. The lowest BCUT2D eigenvalue weighted by molar-refractivity contribution is -0.915. The molecular weight excluding hydrogens is 315 g/mol. The van der Waals surface area contributed by atoms with E-state index < -0.39 is 9.96 Å². The van der Waals surface area contributed by atoms with Crippen molar-refractivity contribution < 1.29 is 9.69 Å². The van der Waals surface area contributed by atoms with Crippen molar-refractivity contribution in [2.75, 3.05) is 13.1 Å². The van der Waals surface area contributed by atoms with Crippen molar-refractivity contribution >= 4 is 52.0 Å². The van der Waals surface area contributed by atoms with Gasteiger partial charge in [0.2, 0.25) is 6.17 Å². The van der Waals surface area contributed by atoms with Gasteiger partial charge in [0.15, 0.2) is 0 Å². The van der Waals surface area contributed by atoms with E-state index in [0.717, 1.165) is 30.8 Å². The molecule has 2 heterocycles. The van der Waals surface area contributed by atoms with Crippen LogP contribution in [0.15, 0.2) is 17.5 Å². The van der Waals surface area contributed by atoms with E-state index in [4.69, 9.17) is 34.8 Å². The Bertz CT molecular complexity index is 399. The lowest BCUT2D eigenvalue weighted by Crippen LogP contribution is -3.17. The number of thiophene rings is 1. The molecule has 1 aromatic rings. The Hall–Kier alpha value is -0.000000000000000139. The molecule has 1 fully saturated rings. The number of amides is 1. The number of likely N-dealkylation sites (tertiary alicyclic amines) is 1. The third-order valence-corrected chi connectivity index (χ3v) is 4.53. The molecule has 0 spiro atoms. The van der Waals surface area contributed by atoms with Gasteiger partial charge in [0.1, 0.15) is 0 Å². The third-order valence-electron chi connectivity index (χ3n) is 3.00. The number of carbonyl (C=O) groups is 1. The summed E-state index contributed by atoms with van der Waals surface area (Å²) in [5.74, 6) is -0.180. The van der Waals surface area contributed by atoms with Crippen LogP contribution in [0.5, 0.6) is 0 Å². The average molecular weight is 329 g/mol. The number of alkyl halides is 3. The maximum atomic E-state index is 12.0. The second-order valence-corrected chi connectivity index (χ2v) is 7.61. The van der Waals surface area contributed by atoms with Crippen molar-refractivity contribution in [3.05, 3.63) is 22.4 Å². The minimum atomic E-state index is -1.49. The van der Waals surface area contributed by atoms with Crippen LogP contribution in [0.3, 0.4) is 0 Å². The first-order valence-electron chi connectivity index (χ1n) is 5.74. The number of rotatable bonds is 3. The Labute approximate surface area is 125 Å². The van der Waals surface area contributed by atoms with Crippen LogP contribution >= 0.6 is 46.1 Å². The van der Waals surface area contributed by atoms with Crippen LogP contribution in [0.2, 0.25) is 0 Å². The molecule has 3 nitrogen and oxygen atoms in total. The maximum Gasteiger partial charge on any atom is 0.265 e. The fourth-order valence-corrected chi connectivity index (χ4v) is 3.40. The zero-order valence-corrected chi connectivity index (χ0v) is 12.7. The van der Waals surface area contributed by atoms with Gasteiger partial charge in [-0.3, -0.25) is 10.1 Å². The second kappa shape index (κ2) is 5.97. The predicted molar refractivity (Wildman–Crippen MR) is 75.8 cm³/mol. The predicted octanol–water partition coefficient (Wildman–Crippen LogP) is 1.85. The zero-order chi connectivity index (χ0) is 13.2. The average Bonchev–Trinajstić information content (AvgIpc) is 2.96. The van der Waals surface area contributed by atoms with E-state index in [1.807, 2.05) is 11.4 Å². The number of nitrogens with one attached hydrogen (secondary N) is 2. The van der Waals surface area contributed by atoms with Crippen molar-refractivity contribution in [1.82, 2.24) is 5.32 Å². The van der Waals surface area contributed by atoms with Crippen molar-refractivity contribution in [2.45, 2.75) is 22.8 Å². The highest BCUT2D eigenvalue weighted by Crippen LogP contribution is 2.28. The maximum absolute atomic E-state index is 12.0. The second-order valence-electron chi connectivity index (χ2n) is 4.29. The normalized spacial score (nSPS) is 18.8. The summed E-state index contributed by atoms with van der Waals surface area (Å²) in [6.45, 7) is 1.84. The first-order chi connectivity index (χ1) is 8.48. The molecule has 1 amide bonds. The van der Waals surface area contributed by atoms with E-state index in [0.29, 0.717) is 4.88 Å². The van der Waals surface area contributed by atoms with Crippen LogP contribution in [0, 0.1) is 0 Å². The number of hydrogen-bond acceptors (Lipinski definition) is 2. The molecule has 1 atom stereocenters. The summed E-state index contributed by atoms with van der Waals surface area (Å²) >= 11 is 19.3. The van der Waals surface area contributed by atoms with Crippen molar-refractivity contribution in [3.8, 4) is 0 Å². The van der Waals surface area contributed by atoms with Gasteiger partial charge in [0.25, 0.3) is 9.70 Å². The van der Waals surface area contributed by atoms with Gasteiger partial charge < -0.3 is 4.90 Å². The quantitative estimate of drug-likeness (QED) is 0.816. The van der Waals surface area contributed by atoms with Crippen LogP contribution in [-0.4, -0.2) is 29.0 Å². The molecule has 2 rings (SSSR count). The van der Waals surface area contributed by atoms with E-state index >= 15 is 0 Å². The number of hydrogen-bond donors (Lipinski definition) is 2. The van der Waals surface area contributed by atoms with Gasteiger partial charge in [-0.15, -0.1) is 11.3 Å². The summed E-state index contributed by atoms with van der Waals surface area (Å²) in [5, 5.41) is 4.69. The van der Waals surface area contributed by atoms with Gasteiger partial charge in [-0.25, -0.2) is 0 Å². The molecule has 1 aromatic heterocycles. The summed E-state index contributed by atoms with van der Waals surface area (Å²) in [7, 11) is 0. The molecule has 0 unspecified atom stereocenters. The van der Waals surface area contributed by atoms with Crippen LogP contribution in [0.1, 0.15) is 22.5 Å². The topological polar surface area (TPSA) is 33.5 Å². The minimum absolute atomic E-state index is 0.180. The van der Waals surface area contributed by atoms with Gasteiger partial charge in [-0.1, -0.05) is 40.9 Å². The Kier molecular flexibility index (Phi) is 4.78. The van der Waals surface area contributed by atoms with E-state index in [1.165, 1.54) is 11.3 Å². The molecule has 0 saturated carbocycles. The first kappa shape index (κ1) is 14.4. The zero-order valence-electron chi connectivity index (χ0n) is 9.59. The van der Waals surface area contributed by atoms with Gasteiger partial charge in [-0.2, -0.15) is 0 Å². The monoisotopic (exact) mass is 327 g/mol. The lowest BCUT2D eigenvalue weighted by Gasteiger charge is -2.30. The van der Waals surface area contributed by atoms with E-state index in [9.17, 15) is 4.79 Å². The summed E-state index contributed by atoms with van der Waals surface area (Å²) in [6, 6.07) is 3.58. The Morgan fingerprint density at radius 2 is 2.06 bits per heavy atom. The van der Waals surface area contributed by atoms with Crippen LogP contribution in [0.4, 0.5) is 0 Å². The SMILES string of the molecule is O=C(N[C@@H]([NH+]1CCCC1)C(Cl)(Cl)Cl)c1cccs1. The molecule has 1 aliphatic rings. The third kappa shape index (κ3) is 3.52. The summed E-state index contributed by atoms with van der Waals surface area (Å²) < 4.78 is -1.49. The molecule has 0 radical (unpaired) electrons. The van der Waals surface area contributed by atoms with Gasteiger partial charge in [-0.05, 0) is 11.4 Å². The molecule has 2 N–H and O–H groups in total. The fraction of sp³-hybridized carbons (Fsp3) is 0.545. The molecule has 1 saturated heterocycles. The number of carbonyl (C=O) groups excluding carboxylic acids is 1. The molecule has 1 aliphatic heterocycles. The van der Waals surface area contributed by atoms with Gasteiger partial charge in [0, 0.05) is 12.8 Å². The molecule has 18 heavy (non-hydrogen) atoms. The summed E-state index contributed by atoms with van der Waals surface area (Å²) in [4.78, 5) is 13.8. The van der Waals surface area contributed by atoms with Crippen molar-refractivity contribution in [1.29, 1.82) is 0 Å². The minimum Gasteiger partial charge on any atom is -0.312 e. The van der Waals surface area contributed by atoms with Crippen molar-refractivity contribution in [3.63, 3.8) is 0 Å². The lowest BCUT2D eigenvalue weighted by atomic mass is 10.4. The number of halogens is 3. The summed E-state index contributed by atoms with van der Waals surface area (Å²) in [6.07, 6.45) is 1.70. The standard InChI is InChI=1S/C11H13Cl3N2OS/c12-11(13,14)10(16-5-1-2-6-16)15-9(17)8-4-3-7-18-8/h3-4,7,10H,1-2,5-6H2,(H,15,17)/p+1/t10-/m0/s1. The van der Waals surface area contributed by atoms with Crippen LogP contribution < -0.4 is 10.2 Å². The smallest absolute Gasteiger partial charge is 0.265 e. The Balaban J connectivity index is 2.08. The van der Waals surface area contributed by atoms with Crippen LogP contribution in [0.25, 0.3) is 0 Å². The van der Waals surface area contributed by atoms with Gasteiger partial charge in [0.05, 0.1) is 18.0 Å².